The number of fused-ring (bicyclic) bond motifs is 1. The van der Waals surface area contributed by atoms with Gasteiger partial charge in [0.05, 0.1) is 25.5 Å². The van der Waals surface area contributed by atoms with Gasteiger partial charge in [0.1, 0.15) is 0 Å². The topological polar surface area (TPSA) is 70.6 Å². The number of carbonyl (C=O) groups excluding carboxylic acids is 1. The van der Waals surface area contributed by atoms with Gasteiger partial charge in [-0.25, -0.2) is 14.8 Å². The summed E-state index contributed by atoms with van der Waals surface area (Å²) < 4.78 is 5.36. The first-order valence-corrected chi connectivity index (χ1v) is 7.98. The third-order valence-corrected chi connectivity index (χ3v) is 4.04. The van der Waals surface area contributed by atoms with E-state index in [1.807, 2.05) is 18.0 Å². The van der Waals surface area contributed by atoms with Gasteiger partial charge in [-0.15, -0.1) is 0 Å². The number of carbonyl (C=O) groups is 1. The Morgan fingerprint density at radius 3 is 2.95 bits per heavy atom. The summed E-state index contributed by atoms with van der Waals surface area (Å²) in [6.07, 6.45) is 3.67. The van der Waals surface area contributed by atoms with Gasteiger partial charge in [-0.1, -0.05) is 6.92 Å². The zero-order valence-electron chi connectivity index (χ0n) is 13.0. The Kier molecular flexibility index (Phi) is 4.72. The molecular formula is C15H23N5O2. The monoisotopic (exact) mass is 305 g/mol. The number of hydrogen-bond donors (Lipinski definition) is 1. The number of aromatic nitrogens is 2. The molecule has 0 aromatic carbocycles. The first-order valence-electron chi connectivity index (χ1n) is 7.98. The Labute approximate surface area is 130 Å². The quantitative estimate of drug-likeness (QED) is 0.894. The van der Waals surface area contributed by atoms with Crippen molar-refractivity contribution in [1.29, 1.82) is 0 Å². The summed E-state index contributed by atoms with van der Waals surface area (Å²) in [6.45, 7) is 7.11. The highest BCUT2D eigenvalue weighted by molar-refractivity contribution is 5.74. The summed E-state index contributed by atoms with van der Waals surface area (Å²) in [4.78, 5) is 25.2. The highest BCUT2D eigenvalue weighted by Crippen LogP contribution is 2.19. The van der Waals surface area contributed by atoms with Crippen LogP contribution >= 0.6 is 0 Å². The maximum absolute atomic E-state index is 12.1. The van der Waals surface area contributed by atoms with Crippen LogP contribution in [0.5, 0.6) is 0 Å². The Morgan fingerprint density at radius 1 is 1.36 bits per heavy atom. The van der Waals surface area contributed by atoms with Crippen molar-refractivity contribution in [3.8, 4) is 0 Å². The number of amides is 2. The van der Waals surface area contributed by atoms with Gasteiger partial charge < -0.3 is 19.9 Å². The Hall–Kier alpha value is -1.89. The number of ether oxygens (including phenoxy) is 1. The number of rotatable bonds is 3. The molecule has 1 saturated heterocycles. The maximum atomic E-state index is 12.1. The minimum Gasteiger partial charge on any atom is -0.378 e. The normalized spacial score (nSPS) is 18.0. The van der Waals surface area contributed by atoms with Gasteiger partial charge in [0.15, 0.2) is 0 Å². The standard InChI is InChI=1S/C15H23N5O2/c1-2-4-16-15(21)20-5-3-12-10-17-14(18-13(12)11-20)19-6-8-22-9-7-19/h10H,2-9,11H2,1H3,(H,16,21). The van der Waals surface area contributed by atoms with Crippen LogP contribution in [0.1, 0.15) is 24.6 Å². The second-order valence-corrected chi connectivity index (χ2v) is 5.64. The largest absolute Gasteiger partial charge is 0.378 e. The summed E-state index contributed by atoms with van der Waals surface area (Å²) in [5.41, 5.74) is 2.12. The van der Waals surface area contributed by atoms with Crippen molar-refractivity contribution >= 4 is 12.0 Å². The molecule has 120 valence electrons. The van der Waals surface area contributed by atoms with Crippen molar-refractivity contribution < 1.29 is 9.53 Å². The van der Waals surface area contributed by atoms with E-state index in [2.05, 4.69) is 20.2 Å². The molecule has 0 atom stereocenters. The fraction of sp³-hybridized carbons (Fsp3) is 0.667. The molecule has 2 aliphatic heterocycles. The van der Waals surface area contributed by atoms with E-state index < -0.39 is 0 Å². The number of anilines is 1. The van der Waals surface area contributed by atoms with Gasteiger partial charge in [-0.05, 0) is 18.4 Å². The van der Waals surface area contributed by atoms with E-state index in [1.54, 1.807) is 0 Å². The average molecular weight is 305 g/mol. The zero-order chi connectivity index (χ0) is 15.4. The molecule has 2 amide bonds. The van der Waals surface area contributed by atoms with Crippen LogP contribution in [0, 0.1) is 0 Å². The summed E-state index contributed by atoms with van der Waals surface area (Å²) in [7, 11) is 0. The molecule has 2 aliphatic rings. The van der Waals surface area contributed by atoms with E-state index in [1.165, 1.54) is 0 Å². The smallest absolute Gasteiger partial charge is 0.317 e. The lowest BCUT2D eigenvalue weighted by Gasteiger charge is -2.30. The van der Waals surface area contributed by atoms with Crippen molar-refractivity contribution in [1.82, 2.24) is 20.2 Å². The lowest BCUT2D eigenvalue weighted by Crippen LogP contribution is -2.43. The summed E-state index contributed by atoms with van der Waals surface area (Å²) in [5, 5.41) is 2.93. The molecule has 1 N–H and O–H groups in total. The highest BCUT2D eigenvalue weighted by Gasteiger charge is 2.23. The van der Waals surface area contributed by atoms with Crippen LogP contribution in [0.15, 0.2) is 6.20 Å². The van der Waals surface area contributed by atoms with E-state index in [4.69, 9.17) is 4.74 Å². The van der Waals surface area contributed by atoms with Crippen molar-refractivity contribution in [2.45, 2.75) is 26.3 Å². The summed E-state index contributed by atoms with van der Waals surface area (Å²) in [5.74, 6) is 0.748. The molecule has 0 spiro atoms. The van der Waals surface area contributed by atoms with Gasteiger partial charge in [-0.2, -0.15) is 0 Å². The van der Waals surface area contributed by atoms with E-state index >= 15 is 0 Å². The third kappa shape index (κ3) is 3.30. The number of nitrogens with one attached hydrogen (secondary N) is 1. The molecule has 3 heterocycles. The van der Waals surface area contributed by atoms with Crippen LogP contribution in [-0.4, -0.2) is 60.3 Å². The van der Waals surface area contributed by atoms with E-state index in [0.717, 1.165) is 49.7 Å². The van der Waals surface area contributed by atoms with Gasteiger partial charge in [0.25, 0.3) is 0 Å². The minimum atomic E-state index is -0.000894. The first kappa shape index (κ1) is 15.0. The van der Waals surface area contributed by atoms with Crippen LogP contribution in [0.4, 0.5) is 10.7 Å². The number of hydrogen-bond acceptors (Lipinski definition) is 5. The van der Waals surface area contributed by atoms with Crippen molar-refractivity contribution in [3.63, 3.8) is 0 Å². The lowest BCUT2D eigenvalue weighted by atomic mass is 10.1. The first-order chi connectivity index (χ1) is 10.8. The molecular weight excluding hydrogens is 282 g/mol. The molecule has 1 aromatic rings. The van der Waals surface area contributed by atoms with Crippen LogP contribution < -0.4 is 10.2 Å². The van der Waals surface area contributed by atoms with Gasteiger partial charge in [-0.3, -0.25) is 0 Å². The van der Waals surface area contributed by atoms with Crippen molar-refractivity contribution in [2.75, 3.05) is 44.3 Å². The fourth-order valence-electron chi connectivity index (χ4n) is 2.73. The minimum absolute atomic E-state index is 0.000894. The SMILES string of the molecule is CCCNC(=O)N1CCc2cnc(N3CCOCC3)nc2C1. The van der Waals surface area contributed by atoms with Crippen molar-refractivity contribution in [3.05, 3.63) is 17.5 Å². The van der Waals surface area contributed by atoms with Gasteiger partial charge >= 0.3 is 6.03 Å². The average Bonchev–Trinajstić information content (AvgIpc) is 2.59. The van der Waals surface area contributed by atoms with Crippen LogP contribution in [0.3, 0.4) is 0 Å². The summed E-state index contributed by atoms with van der Waals surface area (Å²) >= 11 is 0. The van der Waals surface area contributed by atoms with Crippen molar-refractivity contribution in [2.24, 2.45) is 0 Å². The maximum Gasteiger partial charge on any atom is 0.317 e. The molecule has 0 saturated carbocycles. The van der Waals surface area contributed by atoms with Gasteiger partial charge in [0, 0.05) is 32.4 Å². The molecule has 1 aromatic heterocycles. The second-order valence-electron chi connectivity index (χ2n) is 5.64. The molecule has 0 aliphatic carbocycles. The summed E-state index contributed by atoms with van der Waals surface area (Å²) in [6, 6.07) is -0.000894. The van der Waals surface area contributed by atoms with Gasteiger partial charge in [0.2, 0.25) is 5.95 Å². The fourth-order valence-corrected chi connectivity index (χ4v) is 2.73. The molecule has 7 heteroatoms. The molecule has 0 radical (unpaired) electrons. The van der Waals surface area contributed by atoms with Crippen LogP contribution in [0.25, 0.3) is 0 Å². The third-order valence-electron chi connectivity index (χ3n) is 4.04. The molecule has 0 bridgehead atoms. The molecule has 1 fully saturated rings. The Bertz CT molecular complexity index is 531. The van der Waals surface area contributed by atoms with E-state index in [-0.39, 0.29) is 6.03 Å². The zero-order valence-corrected chi connectivity index (χ0v) is 13.0. The lowest BCUT2D eigenvalue weighted by molar-refractivity contribution is 0.122. The van der Waals surface area contributed by atoms with E-state index in [0.29, 0.717) is 26.3 Å². The second kappa shape index (κ2) is 6.91. The van der Waals surface area contributed by atoms with E-state index in [9.17, 15) is 4.79 Å². The van der Waals surface area contributed by atoms with Crippen LogP contribution in [0.2, 0.25) is 0 Å². The molecule has 0 unspecified atom stereocenters. The molecule has 3 rings (SSSR count). The Balaban J connectivity index is 1.70. The molecule has 7 nitrogen and oxygen atoms in total. The number of morpholine rings is 1. The predicted octanol–water partition coefficient (Wildman–Crippen LogP) is 0.791. The number of urea groups is 1. The van der Waals surface area contributed by atoms with Crippen LogP contribution in [-0.2, 0) is 17.7 Å². The Morgan fingerprint density at radius 2 is 2.18 bits per heavy atom. The molecule has 22 heavy (non-hydrogen) atoms. The number of nitrogens with zero attached hydrogens (tertiary/aromatic N) is 4. The highest BCUT2D eigenvalue weighted by atomic mass is 16.5. The predicted molar refractivity (Wildman–Crippen MR) is 82.9 cm³/mol.